The van der Waals surface area contributed by atoms with Crippen molar-refractivity contribution in [3.8, 4) is 0 Å². The Bertz CT molecular complexity index is 936. The number of halogens is 2. The fraction of sp³-hybridized carbons (Fsp3) is 0.238. The number of hydrogen-bond donors (Lipinski definition) is 1. The van der Waals surface area contributed by atoms with Gasteiger partial charge in [0.25, 0.3) is 5.91 Å². The quantitative estimate of drug-likeness (QED) is 0.785. The van der Waals surface area contributed by atoms with Crippen LogP contribution in [-0.2, 0) is 4.79 Å². The van der Waals surface area contributed by atoms with E-state index in [4.69, 9.17) is 0 Å². The molecule has 1 atom stereocenters. The number of aryl methyl sites for hydroxylation is 1. The first-order valence-corrected chi connectivity index (χ1v) is 9.29. The maximum atomic E-state index is 14.2. The smallest absolute Gasteiger partial charge is 0.250 e. The van der Waals surface area contributed by atoms with Crippen molar-refractivity contribution in [3.05, 3.63) is 71.3 Å². The van der Waals surface area contributed by atoms with Gasteiger partial charge in [0.15, 0.2) is 0 Å². The number of nitrogens with zero attached hydrogens (tertiary/aromatic N) is 1. The number of carbonyl (C=O) groups is 1. The van der Waals surface area contributed by atoms with Gasteiger partial charge < -0.3 is 5.32 Å². The second-order valence-electron chi connectivity index (χ2n) is 6.96. The molecule has 1 amide bonds. The molecular weight excluding hydrogens is 366 g/mol. The standard InChI is InChI=1S/C21H20F2N2OS/c1-5-13-10-16(23)17(11-15(13)22)24-19(26)18-21(3,4)27-20(25-18)14-8-6-12(2)7-9-14/h5-11,18H,1H2,2-4H3,(H,24,26). The number of carbonyl (C=O) groups excluding carboxylic acids is 1. The van der Waals surface area contributed by atoms with Crippen LogP contribution in [-0.4, -0.2) is 21.7 Å². The van der Waals surface area contributed by atoms with Crippen LogP contribution < -0.4 is 5.32 Å². The molecular formula is C21H20F2N2OS. The second-order valence-corrected chi connectivity index (χ2v) is 8.60. The Morgan fingerprint density at radius 3 is 2.52 bits per heavy atom. The van der Waals surface area contributed by atoms with Crippen LogP contribution in [0, 0.1) is 18.6 Å². The van der Waals surface area contributed by atoms with Gasteiger partial charge in [0.2, 0.25) is 0 Å². The third-order valence-corrected chi connectivity index (χ3v) is 5.66. The van der Waals surface area contributed by atoms with Crippen LogP contribution in [0.2, 0.25) is 0 Å². The molecule has 140 valence electrons. The fourth-order valence-corrected chi connectivity index (χ4v) is 4.01. The molecule has 0 radical (unpaired) electrons. The van der Waals surface area contributed by atoms with Crippen molar-refractivity contribution in [1.82, 2.24) is 0 Å². The van der Waals surface area contributed by atoms with Crippen LogP contribution in [0.4, 0.5) is 14.5 Å². The van der Waals surface area contributed by atoms with Crippen LogP contribution in [0.25, 0.3) is 6.08 Å². The van der Waals surface area contributed by atoms with Crippen LogP contribution in [0.15, 0.2) is 48.0 Å². The third-order valence-electron chi connectivity index (χ3n) is 4.38. The molecule has 1 N–H and O–H groups in total. The molecule has 0 bridgehead atoms. The number of nitrogens with one attached hydrogen (secondary N) is 1. The zero-order chi connectivity index (χ0) is 19.8. The number of anilines is 1. The van der Waals surface area contributed by atoms with E-state index in [2.05, 4.69) is 16.9 Å². The molecule has 6 heteroatoms. The summed E-state index contributed by atoms with van der Waals surface area (Å²) in [6, 6.07) is 9.13. The van der Waals surface area contributed by atoms with Crippen molar-refractivity contribution >= 4 is 34.5 Å². The fourth-order valence-electron chi connectivity index (χ4n) is 2.82. The van der Waals surface area contributed by atoms with Crippen molar-refractivity contribution in [1.29, 1.82) is 0 Å². The maximum Gasteiger partial charge on any atom is 0.250 e. The van der Waals surface area contributed by atoms with Gasteiger partial charge in [-0.2, -0.15) is 0 Å². The van der Waals surface area contributed by atoms with E-state index in [-0.39, 0.29) is 11.3 Å². The van der Waals surface area contributed by atoms with Gasteiger partial charge >= 0.3 is 0 Å². The zero-order valence-electron chi connectivity index (χ0n) is 15.3. The summed E-state index contributed by atoms with van der Waals surface area (Å²) in [5.74, 6) is -1.84. The maximum absolute atomic E-state index is 14.2. The monoisotopic (exact) mass is 386 g/mol. The molecule has 1 unspecified atom stereocenters. The van der Waals surface area contributed by atoms with Gasteiger partial charge in [-0.15, -0.1) is 0 Å². The van der Waals surface area contributed by atoms with E-state index >= 15 is 0 Å². The average molecular weight is 386 g/mol. The van der Waals surface area contributed by atoms with Gasteiger partial charge in [-0.1, -0.05) is 54.2 Å². The lowest BCUT2D eigenvalue weighted by Gasteiger charge is -2.23. The molecule has 2 aromatic carbocycles. The van der Waals surface area contributed by atoms with E-state index in [1.54, 1.807) is 0 Å². The largest absolute Gasteiger partial charge is 0.322 e. The lowest BCUT2D eigenvalue weighted by Crippen LogP contribution is -2.39. The van der Waals surface area contributed by atoms with E-state index in [1.807, 2.05) is 45.0 Å². The molecule has 3 rings (SSSR count). The normalized spacial score (nSPS) is 18.1. The highest BCUT2D eigenvalue weighted by Gasteiger charge is 2.42. The number of benzene rings is 2. The molecule has 27 heavy (non-hydrogen) atoms. The number of hydrogen-bond acceptors (Lipinski definition) is 3. The van der Waals surface area contributed by atoms with Crippen molar-refractivity contribution in [2.24, 2.45) is 4.99 Å². The van der Waals surface area contributed by atoms with Gasteiger partial charge in [-0.3, -0.25) is 9.79 Å². The summed E-state index contributed by atoms with van der Waals surface area (Å²) in [7, 11) is 0. The zero-order valence-corrected chi connectivity index (χ0v) is 16.2. The van der Waals surface area contributed by atoms with Crippen molar-refractivity contribution in [2.75, 3.05) is 5.32 Å². The minimum absolute atomic E-state index is 0.0435. The minimum Gasteiger partial charge on any atom is -0.322 e. The predicted octanol–water partition coefficient (Wildman–Crippen LogP) is 5.20. The summed E-state index contributed by atoms with van der Waals surface area (Å²) in [6.45, 7) is 9.25. The molecule has 1 aliphatic heterocycles. The summed E-state index contributed by atoms with van der Waals surface area (Å²) >= 11 is 1.50. The van der Waals surface area contributed by atoms with Crippen LogP contribution in [0.5, 0.6) is 0 Å². The summed E-state index contributed by atoms with van der Waals surface area (Å²) in [5.41, 5.74) is 1.91. The summed E-state index contributed by atoms with van der Waals surface area (Å²) in [4.78, 5) is 17.3. The number of aliphatic imine (C=N–C) groups is 1. The summed E-state index contributed by atoms with van der Waals surface area (Å²) < 4.78 is 27.6. The summed E-state index contributed by atoms with van der Waals surface area (Å²) in [6.07, 6.45) is 1.22. The number of rotatable bonds is 4. The Hall–Kier alpha value is -2.47. The molecule has 3 nitrogen and oxygen atoms in total. The lowest BCUT2D eigenvalue weighted by atomic mass is 10.0. The first-order valence-electron chi connectivity index (χ1n) is 8.47. The Labute approximate surface area is 161 Å². The highest BCUT2D eigenvalue weighted by molar-refractivity contribution is 8.15. The molecule has 0 aliphatic carbocycles. The van der Waals surface area contributed by atoms with Gasteiger partial charge in [0.05, 0.1) is 10.7 Å². The van der Waals surface area contributed by atoms with Crippen LogP contribution in [0.3, 0.4) is 0 Å². The molecule has 2 aromatic rings. The lowest BCUT2D eigenvalue weighted by molar-refractivity contribution is -0.117. The molecule has 1 heterocycles. The minimum atomic E-state index is -0.722. The molecule has 0 fully saturated rings. The van der Waals surface area contributed by atoms with Crippen molar-refractivity contribution in [2.45, 2.75) is 31.6 Å². The first kappa shape index (κ1) is 19.3. The van der Waals surface area contributed by atoms with Crippen molar-refractivity contribution < 1.29 is 13.6 Å². The predicted molar refractivity (Wildman–Crippen MR) is 108 cm³/mol. The third kappa shape index (κ3) is 3.95. The van der Waals surface area contributed by atoms with Gasteiger partial charge in [-0.05, 0) is 26.8 Å². The van der Waals surface area contributed by atoms with Gasteiger partial charge in [-0.25, -0.2) is 8.78 Å². The SMILES string of the molecule is C=Cc1cc(F)c(NC(=O)C2N=C(c3ccc(C)cc3)SC2(C)C)cc1F. The number of thioether (sulfide) groups is 1. The Kier molecular flexibility index (Phi) is 5.20. The van der Waals surface area contributed by atoms with Gasteiger partial charge in [0, 0.05) is 21.9 Å². The van der Waals surface area contributed by atoms with Crippen LogP contribution in [0.1, 0.15) is 30.5 Å². The van der Waals surface area contributed by atoms with E-state index < -0.39 is 28.3 Å². The van der Waals surface area contributed by atoms with Gasteiger partial charge in [0.1, 0.15) is 17.7 Å². The van der Waals surface area contributed by atoms with Crippen molar-refractivity contribution in [3.63, 3.8) is 0 Å². The Morgan fingerprint density at radius 1 is 1.22 bits per heavy atom. The van der Waals surface area contributed by atoms with E-state index in [0.717, 1.165) is 28.3 Å². The highest BCUT2D eigenvalue weighted by Crippen LogP contribution is 2.40. The molecule has 0 aromatic heterocycles. The Morgan fingerprint density at radius 2 is 1.89 bits per heavy atom. The summed E-state index contributed by atoms with van der Waals surface area (Å²) in [5, 5.41) is 3.23. The molecule has 1 aliphatic rings. The molecule has 0 saturated heterocycles. The highest BCUT2D eigenvalue weighted by atomic mass is 32.2. The van der Waals surface area contributed by atoms with E-state index in [9.17, 15) is 13.6 Å². The number of amides is 1. The Balaban J connectivity index is 1.86. The van der Waals surface area contributed by atoms with E-state index in [0.29, 0.717) is 0 Å². The first-order chi connectivity index (χ1) is 12.7. The van der Waals surface area contributed by atoms with E-state index in [1.165, 1.54) is 17.8 Å². The molecule has 0 saturated carbocycles. The second kappa shape index (κ2) is 7.27. The van der Waals surface area contributed by atoms with Crippen LogP contribution >= 0.6 is 11.8 Å². The molecule has 0 spiro atoms. The topological polar surface area (TPSA) is 41.5 Å². The average Bonchev–Trinajstić information content (AvgIpc) is 2.93.